The first-order valence-electron chi connectivity index (χ1n) is 8.09. The molecule has 116 valence electrons. The molecule has 2 aromatic rings. The van der Waals surface area contributed by atoms with Gasteiger partial charge in [0.2, 0.25) is 0 Å². The minimum atomic E-state index is 0.0381. The van der Waals surface area contributed by atoms with Gasteiger partial charge in [0.25, 0.3) is 5.56 Å². The van der Waals surface area contributed by atoms with Crippen molar-refractivity contribution in [2.24, 2.45) is 0 Å². The second-order valence-electron chi connectivity index (χ2n) is 6.11. The maximum atomic E-state index is 12.5. The molecule has 0 amide bonds. The molecule has 1 aromatic carbocycles. The summed E-state index contributed by atoms with van der Waals surface area (Å²) in [5, 5.41) is 4.21. The van der Waals surface area contributed by atoms with Gasteiger partial charge in [0.15, 0.2) is 0 Å². The van der Waals surface area contributed by atoms with E-state index in [1.54, 1.807) is 10.9 Å². The van der Waals surface area contributed by atoms with Crippen LogP contribution in [0.4, 0.5) is 0 Å². The Hall–Kier alpha value is -1.94. The van der Waals surface area contributed by atoms with Crippen LogP contribution >= 0.6 is 0 Å². The number of hydrogen-bond acceptors (Lipinski definition) is 3. The summed E-state index contributed by atoms with van der Waals surface area (Å²) < 4.78 is 1.70. The third-order valence-electron chi connectivity index (χ3n) is 4.26. The van der Waals surface area contributed by atoms with Crippen molar-refractivity contribution in [2.45, 2.75) is 45.2 Å². The van der Waals surface area contributed by atoms with E-state index in [0.29, 0.717) is 11.9 Å². The van der Waals surface area contributed by atoms with Crippen molar-refractivity contribution in [3.63, 3.8) is 0 Å². The normalized spacial score (nSPS) is 16.5. The lowest BCUT2D eigenvalue weighted by Gasteiger charge is -2.18. The highest BCUT2D eigenvalue weighted by molar-refractivity contribution is 5.76. The lowest BCUT2D eigenvalue weighted by atomic mass is 9.99. The Labute approximate surface area is 130 Å². The predicted molar refractivity (Wildman–Crippen MR) is 90.0 cm³/mol. The molecule has 0 saturated carbocycles. The fourth-order valence-electron chi connectivity index (χ4n) is 2.97. The van der Waals surface area contributed by atoms with Crippen LogP contribution in [0.1, 0.15) is 32.6 Å². The molecule has 0 radical (unpaired) electrons. The summed E-state index contributed by atoms with van der Waals surface area (Å²) in [6, 6.07) is 7.74. The summed E-state index contributed by atoms with van der Waals surface area (Å²) in [6.45, 7) is 3.69. The van der Waals surface area contributed by atoms with E-state index in [0.717, 1.165) is 12.1 Å². The molecule has 0 aliphatic heterocycles. The first-order chi connectivity index (χ1) is 10.7. The Balaban J connectivity index is 1.66. The smallest absolute Gasteiger partial charge is 0.261 e. The quantitative estimate of drug-likeness (QED) is 0.863. The third kappa shape index (κ3) is 3.45. The van der Waals surface area contributed by atoms with E-state index in [2.05, 4.69) is 23.3 Å². The van der Waals surface area contributed by atoms with Crippen LogP contribution in [0.5, 0.6) is 0 Å². The Bertz CT molecular complexity index is 732. The van der Waals surface area contributed by atoms with Gasteiger partial charge >= 0.3 is 0 Å². The lowest BCUT2D eigenvalue weighted by Crippen LogP contribution is -2.35. The van der Waals surface area contributed by atoms with Crippen LogP contribution in [-0.2, 0) is 6.54 Å². The van der Waals surface area contributed by atoms with Crippen molar-refractivity contribution < 1.29 is 0 Å². The topological polar surface area (TPSA) is 46.9 Å². The van der Waals surface area contributed by atoms with Crippen molar-refractivity contribution in [2.75, 3.05) is 6.54 Å². The van der Waals surface area contributed by atoms with E-state index >= 15 is 0 Å². The average Bonchev–Trinajstić information content (AvgIpc) is 2.57. The van der Waals surface area contributed by atoms with Crippen LogP contribution < -0.4 is 10.9 Å². The molecular weight excluding hydrogens is 274 g/mol. The highest BCUT2D eigenvalue weighted by Crippen LogP contribution is 2.16. The van der Waals surface area contributed by atoms with E-state index < -0.39 is 0 Å². The highest BCUT2D eigenvalue weighted by atomic mass is 16.1. The zero-order valence-corrected chi connectivity index (χ0v) is 13.1. The number of aromatic nitrogens is 2. The van der Waals surface area contributed by atoms with Gasteiger partial charge in [0.05, 0.1) is 17.2 Å². The van der Waals surface area contributed by atoms with Crippen LogP contribution in [0.3, 0.4) is 0 Å². The second-order valence-corrected chi connectivity index (χ2v) is 6.11. The van der Waals surface area contributed by atoms with Crippen LogP contribution in [0.2, 0.25) is 0 Å². The lowest BCUT2D eigenvalue weighted by molar-refractivity contribution is 0.478. The van der Waals surface area contributed by atoms with Gasteiger partial charge in [-0.2, -0.15) is 0 Å². The Morgan fingerprint density at radius 1 is 1.32 bits per heavy atom. The van der Waals surface area contributed by atoms with E-state index in [9.17, 15) is 4.79 Å². The van der Waals surface area contributed by atoms with Crippen LogP contribution in [-0.4, -0.2) is 22.1 Å². The van der Waals surface area contributed by atoms with Gasteiger partial charge in [-0.25, -0.2) is 4.98 Å². The van der Waals surface area contributed by atoms with Crippen molar-refractivity contribution in [3.8, 4) is 0 Å². The third-order valence-corrected chi connectivity index (χ3v) is 4.26. The summed E-state index contributed by atoms with van der Waals surface area (Å²) in [6.07, 6.45) is 9.04. The maximum Gasteiger partial charge on any atom is 0.261 e. The second kappa shape index (κ2) is 6.88. The number of nitrogens with zero attached hydrogens (tertiary/aromatic N) is 2. The number of allylic oxidation sites excluding steroid dienone is 1. The molecule has 1 N–H and O–H groups in total. The molecule has 1 aromatic heterocycles. The molecular formula is C18H23N3O. The molecule has 4 heteroatoms. The van der Waals surface area contributed by atoms with Gasteiger partial charge in [-0.05, 0) is 44.7 Å². The first-order valence-corrected chi connectivity index (χ1v) is 8.09. The molecule has 1 aliphatic rings. The molecule has 22 heavy (non-hydrogen) atoms. The number of para-hydroxylation sites is 1. The van der Waals surface area contributed by atoms with Gasteiger partial charge in [-0.1, -0.05) is 23.8 Å². The van der Waals surface area contributed by atoms with Crippen molar-refractivity contribution >= 4 is 10.9 Å². The Morgan fingerprint density at radius 2 is 2.18 bits per heavy atom. The first kappa shape index (κ1) is 15.0. The molecule has 0 saturated heterocycles. The van der Waals surface area contributed by atoms with Crippen molar-refractivity contribution in [1.29, 1.82) is 0 Å². The summed E-state index contributed by atoms with van der Waals surface area (Å²) in [5.74, 6) is 0. The number of fused-ring (bicyclic) bond motifs is 1. The molecule has 1 aliphatic carbocycles. The van der Waals surface area contributed by atoms with Gasteiger partial charge in [0.1, 0.15) is 0 Å². The van der Waals surface area contributed by atoms with Crippen molar-refractivity contribution in [3.05, 3.63) is 52.6 Å². The fraction of sp³-hybridized carbons (Fsp3) is 0.444. The molecule has 1 atom stereocenters. The summed E-state index contributed by atoms with van der Waals surface area (Å²) >= 11 is 0. The number of benzene rings is 1. The van der Waals surface area contributed by atoms with Crippen molar-refractivity contribution in [1.82, 2.24) is 14.9 Å². The minimum absolute atomic E-state index is 0.0381. The van der Waals surface area contributed by atoms with Crippen LogP contribution in [0, 0.1) is 0 Å². The zero-order chi connectivity index (χ0) is 15.4. The van der Waals surface area contributed by atoms with Gasteiger partial charge in [-0.3, -0.25) is 9.36 Å². The largest absolute Gasteiger partial charge is 0.309 e. The number of hydrogen-bond donors (Lipinski definition) is 1. The van der Waals surface area contributed by atoms with Gasteiger partial charge in [-0.15, -0.1) is 0 Å². The number of nitrogens with one attached hydrogen (secondary N) is 1. The number of rotatable bonds is 5. The molecule has 0 unspecified atom stereocenters. The Kier molecular flexibility index (Phi) is 4.68. The highest BCUT2D eigenvalue weighted by Gasteiger charge is 2.09. The van der Waals surface area contributed by atoms with E-state index in [-0.39, 0.29) is 11.6 Å². The average molecular weight is 297 g/mol. The van der Waals surface area contributed by atoms with E-state index in [4.69, 9.17) is 0 Å². The maximum absolute atomic E-state index is 12.5. The molecule has 1 heterocycles. The monoisotopic (exact) mass is 297 g/mol. The zero-order valence-electron chi connectivity index (χ0n) is 13.1. The molecule has 0 spiro atoms. The van der Waals surface area contributed by atoms with Gasteiger partial charge in [0, 0.05) is 19.1 Å². The van der Waals surface area contributed by atoms with Gasteiger partial charge < -0.3 is 5.32 Å². The fourth-order valence-corrected chi connectivity index (χ4v) is 2.97. The SMILES string of the molecule is C[C@@H](Cn1cnc2ccccc2c1=O)NCC1=CCCCC1. The molecule has 0 fully saturated rings. The molecule has 0 bridgehead atoms. The molecule has 3 rings (SSSR count). The molecule has 4 nitrogen and oxygen atoms in total. The summed E-state index contributed by atoms with van der Waals surface area (Å²) in [4.78, 5) is 16.8. The Morgan fingerprint density at radius 3 is 3.00 bits per heavy atom. The van der Waals surface area contributed by atoms with Crippen LogP contribution in [0.15, 0.2) is 47.0 Å². The van der Waals surface area contributed by atoms with E-state index in [1.165, 1.54) is 31.3 Å². The van der Waals surface area contributed by atoms with E-state index in [1.807, 2.05) is 24.3 Å². The minimum Gasteiger partial charge on any atom is -0.309 e. The summed E-state index contributed by atoms with van der Waals surface area (Å²) in [7, 11) is 0. The van der Waals surface area contributed by atoms with Crippen LogP contribution in [0.25, 0.3) is 10.9 Å². The summed E-state index contributed by atoms with van der Waals surface area (Å²) in [5.41, 5.74) is 2.30. The standard InChI is InChI=1S/C18H23N3O/c1-14(19-11-15-7-3-2-4-8-15)12-21-13-20-17-10-6-5-9-16(17)18(21)22/h5-7,9-10,13-14,19H,2-4,8,11-12H2,1H3/t14-/m0/s1. The predicted octanol–water partition coefficient (Wildman–Crippen LogP) is 2.88.